The molecular weight excluding hydrogens is 419 g/mol. The zero-order valence-electron chi connectivity index (χ0n) is 19.9. The topological polar surface area (TPSA) is 44.2 Å². The van der Waals surface area contributed by atoms with Crippen LogP contribution < -0.4 is 5.46 Å². The van der Waals surface area contributed by atoms with Gasteiger partial charge in [-0.2, -0.15) is 0 Å². The molecule has 2 aromatic carbocycles. The van der Waals surface area contributed by atoms with Gasteiger partial charge in [0.15, 0.2) is 0 Å². The van der Waals surface area contributed by atoms with E-state index in [1.807, 2.05) is 36.9 Å². The molecule has 0 atom stereocenters. The van der Waals surface area contributed by atoms with Crippen molar-refractivity contribution in [1.82, 2.24) is 9.97 Å². The highest BCUT2D eigenvalue weighted by atomic mass is 16.7. The molecule has 1 saturated heterocycles. The summed E-state index contributed by atoms with van der Waals surface area (Å²) in [6.45, 7) is 8.36. The van der Waals surface area contributed by atoms with Crippen molar-refractivity contribution in [2.24, 2.45) is 0 Å². The molecule has 0 N–H and O–H groups in total. The Hall–Kier alpha value is -3.28. The summed E-state index contributed by atoms with van der Waals surface area (Å²) in [5, 5.41) is 0. The zero-order chi connectivity index (χ0) is 23.6. The van der Waals surface area contributed by atoms with Gasteiger partial charge in [0.25, 0.3) is 0 Å². The standard InChI is InChI=1S/C29H27BN2O2/c1-27(2)28(3,4)34-30(33-27)22-13-14-24-23-11-5-6-12-25(23)29(26(24)17-22,20-9-7-15-31-18-20)21-10-8-16-32-19-21/h5-19H,1-4H3. The van der Waals surface area contributed by atoms with E-state index in [1.165, 1.54) is 22.3 Å². The first-order chi connectivity index (χ1) is 16.3. The van der Waals surface area contributed by atoms with Crippen molar-refractivity contribution < 1.29 is 9.31 Å². The fraction of sp³-hybridized carbons (Fsp3) is 0.241. The Morgan fingerprint density at radius 1 is 0.647 bits per heavy atom. The van der Waals surface area contributed by atoms with E-state index in [0.717, 1.165) is 16.6 Å². The normalized spacial score (nSPS) is 19.0. The van der Waals surface area contributed by atoms with Gasteiger partial charge in [0, 0.05) is 24.8 Å². The Labute approximate surface area is 201 Å². The number of fused-ring (bicyclic) bond motifs is 3. The lowest BCUT2D eigenvalue weighted by Gasteiger charge is -2.33. The predicted octanol–water partition coefficient (Wildman–Crippen LogP) is 5.14. The maximum atomic E-state index is 6.42. The molecule has 0 unspecified atom stereocenters. The minimum absolute atomic E-state index is 0.399. The van der Waals surface area contributed by atoms with Gasteiger partial charge in [0.2, 0.25) is 0 Å². The van der Waals surface area contributed by atoms with Crippen LogP contribution in [0.25, 0.3) is 11.1 Å². The summed E-state index contributed by atoms with van der Waals surface area (Å²) in [5.74, 6) is 0. The van der Waals surface area contributed by atoms with Crippen LogP contribution in [0.2, 0.25) is 0 Å². The van der Waals surface area contributed by atoms with E-state index in [1.54, 1.807) is 0 Å². The van der Waals surface area contributed by atoms with E-state index in [2.05, 4.69) is 92.3 Å². The van der Waals surface area contributed by atoms with Crippen LogP contribution in [0.1, 0.15) is 49.9 Å². The molecule has 1 aliphatic carbocycles. The summed E-state index contributed by atoms with van der Waals surface area (Å²) < 4.78 is 12.8. The minimum Gasteiger partial charge on any atom is -0.399 e. The van der Waals surface area contributed by atoms with Crippen molar-refractivity contribution in [3.8, 4) is 11.1 Å². The molecule has 5 heteroatoms. The number of aromatic nitrogens is 2. The summed E-state index contributed by atoms with van der Waals surface area (Å²) in [5.41, 5.74) is 6.78. The smallest absolute Gasteiger partial charge is 0.399 e. The molecule has 2 aromatic heterocycles. The lowest BCUT2D eigenvalue weighted by molar-refractivity contribution is 0.00578. The van der Waals surface area contributed by atoms with Crippen LogP contribution in [0.3, 0.4) is 0 Å². The van der Waals surface area contributed by atoms with Gasteiger partial charge in [0.1, 0.15) is 0 Å². The van der Waals surface area contributed by atoms with Crippen molar-refractivity contribution in [1.29, 1.82) is 0 Å². The largest absolute Gasteiger partial charge is 0.494 e. The quantitative estimate of drug-likeness (QED) is 0.360. The Bertz CT molecular complexity index is 1310. The van der Waals surface area contributed by atoms with Gasteiger partial charge in [-0.1, -0.05) is 54.6 Å². The molecule has 4 aromatic rings. The number of rotatable bonds is 3. The number of pyridine rings is 2. The molecule has 34 heavy (non-hydrogen) atoms. The molecule has 1 aliphatic heterocycles. The van der Waals surface area contributed by atoms with Gasteiger partial charge >= 0.3 is 7.12 Å². The zero-order valence-corrected chi connectivity index (χ0v) is 19.9. The molecule has 168 valence electrons. The van der Waals surface area contributed by atoms with Crippen molar-refractivity contribution in [3.63, 3.8) is 0 Å². The molecule has 4 nitrogen and oxygen atoms in total. The number of hydrogen-bond acceptors (Lipinski definition) is 4. The molecule has 0 bridgehead atoms. The van der Waals surface area contributed by atoms with Crippen LogP contribution in [0, 0.1) is 0 Å². The van der Waals surface area contributed by atoms with Crippen LogP contribution in [-0.4, -0.2) is 28.3 Å². The van der Waals surface area contributed by atoms with Crippen molar-refractivity contribution in [3.05, 3.63) is 114 Å². The first-order valence-corrected chi connectivity index (χ1v) is 11.8. The maximum absolute atomic E-state index is 6.42. The van der Waals surface area contributed by atoms with E-state index >= 15 is 0 Å². The Morgan fingerprint density at radius 2 is 1.24 bits per heavy atom. The predicted molar refractivity (Wildman–Crippen MR) is 135 cm³/mol. The van der Waals surface area contributed by atoms with Crippen LogP contribution in [-0.2, 0) is 14.7 Å². The summed E-state index contributed by atoms with van der Waals surface area (Å²) in [4.78, 5) is 9.03. The van der Waals surface area contributed by atoms with Crippen molar-refractivity contribution >= 4 is 12.6 Å². The summed E-state index contributed by atoms with van der Waals surface area (Å²) in [6.07, 6.45) is 7.59. The summed E-state index contributed by atoms with van der Waals surface area (Å²) in [7, 11) is -0.431. The lowest BCUT2D eigenvalue weighted by atomic mass is 9.67. The molecule has 0 radical (unpaired) electrons. The summed E-state index contributed by atoms with van der Waals surface area (Å²) in [6, 6.07) is 23.6. The van der Waals surface area contributed by atoms with Gasteiger partial charge in [0.05, 0.1) is 16.6 Å². The SMILES string of the molecule is CC1(C)OB(c2ccc3c(c2)C(c2cccnc2)(c2cccnc2)c2ccccc2-3)OC1(C)C. The third kappa shape index (κ3) is 2.87. The van der Waals surface area contributed by atoms with Gasteiger partial charge in [-0.05, 0) is 78.7 Å². The second-order valence-electron chi connectivity index (χ2n) is 10.2. The highest BCUT2D eigenvalue weighted by Crippen LogP contribution is 2.55. The second kappa shape index (κ2) is 7.36. The van der Waals surface area contributed by atoms with Crippen LogP contribution in [0.5, 0.6) is 0 Å². The highest BCUT2D eigenvalue weighted by Gasteiger charge is 2.53. The van der Waals surface area contributed by atoms with E-state index in [0.29, 0.717) is 0 Å². The molecule has 3 heterocycles. The van der Waals surface area contributed by atoms with Crippen molar-refractivity contribution in [2.45, 2.75) is 44.3 Å². The van der Waals surface area contributed by atoms with Gasteiger partial charge in [-0.3, -0.25) is 9.97 Å². The fourth-order valence-electron chi connectivity index (χ4n) is 5.38. The molecule has 0 amide bonds. The van der Waals surface area contributed by atoms with Crippen molar-refractivity contribution in [2.75, 3.05) is 0 Å². The van der Waals surface area contributed by atoms with Crippen LogP contribution in [0.4, 0.5) is 0 Å². The first-order valence-electron chi connectivity index (χ1n) is 11.8. The lowest BCUT2D eigenvalue weighted by Crippen LogP contribution is -2.41. The second-order valence-corrected chi connectivity index (χ2v) is 10.2. The first kappa shape index (κ1) is 21.3. The Balaban J connectivity index is 1.64. The average Bonchev–Trinajstić information content (AvgIpc) is 3.27. The number of nitrogens with zero attached hydrogens (tertiary/aromatic N) is 2. The number of benzene rings is 2. The Kier molecular flexibility index (Phi) is 4.60. The molecule has 1 fully saturated rings. The number of hydrogen-bond donors (Lipinski definition) is 0. The molecule has 0 spiro atoms. The van der Waals surface area contributed by atoms with Gasteiger partial charge in [-0.15, -0.1) is 0 Å². The average molecular weight is 446 g/mol. The van der Waals surface area contributed by atoms with E-state index in [-0.39, 0.29) is 0 Å². The Morgan fingerprint density at radius 3 is 1.82 bits per heavy atom. The summed E-state index contributed by atoms with van der Waals surface area (Å²) >= 11 is 0. The fourth-order valence-corrected chi connectivity index (χ4v) is 5.38. The highest BCUT2D eigenvalue weighted by molar-refractivity contribution is 6.62. The van der Waals surface area contributed by atoms with Gasteiger partial charge in [-0.25, -0.2) is 0 Å². The molecule has 2 aliphatic rings. The molecule has 0 saturated carbocycles. The van der Waals surface area contributed by atoms with E-state index in [9.17, 15) is 0 Å². The third-order valence-electron chi connectivity index (χ3n) is 7.78. The molecular formula is C29H27BN2O2. The third-order valence-corrected chi connectivity index (χ3v) is 7.78. The van der Waals surface area contributed by atoms with E-state index < -0.39 is 23.7 Å². The maximum Gasteiger partial charge on any atom is 0.494 e. The monoisotopic (exact) mass is 446 g/mol. The van der Waals surface area contributed by atoms with E-state index in [4.69, 9.17) is 9.31 Å². The van der Waals surface area contributed by atoms with Crippen LogP contribution >= 0.6 is 0 Å². The van der Waals surface area contributed by atoms with Crippen LogP contribution in [0.15, 0.2) is 91.5 Å². The van der Waals surface area contributed by atoms with Gasteiger partial charge < -0.3 is 9.31 Å². The molecule has 6 rings (SSSR count). The minimum atomic E-state index is -0.534.